The van der Waals surface area contributed by atoms with Crippen LogP contribution in [-0.4, -0.2) is 18.1 Å². The molecule has 0 fully saturated rings. The highest BCUT2D eigenvalue weighted by Gasteiger charge is 1.94. The van der Waals surface area contributed by atoms with Crippen LogP contribution in [0.3, 0.4) is 0 Å². The number of hydrogen-bond acceptors (Lipinski definition) is 3. The van der Waals surface area contributed by atoms with Gasteiger partial charge in [0.05, 0.1) is 12.4 Å². The van der Waals surface area contributed by atoms with Gasteiger partial charge < -0.3 is 10.5 Å². The molecule has 0 aliphatic rings. The maximum Gasteiger partial charge on any atom is 0.145 e. The van der Waals surface area contributed by atoms with Crippen molar-refractivity contribution in [2.45, 2.75) is 0 Å². The largest absolute Gasteiger partial charge is 0.491 e. The summed E-state index contributed by atoms with van der Waals surface area (Å²) in [6, 6.07) is 1.27. The summed E-state index contributed by atoms with van der Waals surface area (Å²) < 4.78 is 17.4. The van der Waals surface area contributed by atoms with Crippen molar-refractivity contribution in [1.82, 2.24) is 4.98 Å². The van der Waals surface area contributed by atoms with Crippen molar-refractivity contribution in [3.05, 3.63) is 24.3 Å². The molecule has 0 radical (unpaired) electrons. The van der Waals surface area contributed by atoms with Gasteiger partial charge in [-0.25, -0.2) is 4.39 Å². The van der Waals surface area contributed by atoms with Crippen LogP contribution in [0.15, 0.2) is 18.5 Å². The molecule has 0 spiro atoms. The number of pyridine rings is 1. The predicted molar refractivity (Wildman–Crippen MR) is 38.7 cm³/mol. The molecule has 0 atom stereocenters. The summed E-state index contributed by atoms with van der Waals surface area (Å²) >= 11 is 0. The molecule has 1 rings (SSSR count). The molecule has 1 aromatic heterocycles. The molecule has 4 heteroatoms. The van der Waals surface area contributed by atoms with E-state index in [1.54, 1.807) is 0 Å². The minimum absolute atomic E-state index is 0.380. The lowest BCUT2D eigenvalue weighted by Gasteiger charge is -2.01. The average Bonchev–Trinajstić information content (AvgIpc) is 2.01. The standard InChI is InChI=1S/C7H9FN2O/c8-6-3-7(5-10-4-6)11-2-1-9/h3-5H,1-2,9H2. The molecule has 0 amide bonds. The van der Waals surface area contributed by atoms with Crippen LogP contribution in [0.1, 0.15) is 0 Å². The van der Waals surface area contributed by atoms with Gasteiger partial charge in [-0.1, -0.05) is 0 Å². The molecule has 0 unspecified atom stereocenters. The van der Waals surface area contributed by atoms with Crippen molar-refractivity contribution in [3.8, 4) is 5.75 Å². The quantitative estimate of drug-likeness (QED) is 0.695. The van der Waals surface area contributed by atoms with Gasteiger partial charge in [0.1, 0.15) is 18.2 Å². The molecule has 0 saturated heterocycles. The summed E-state index contributed by atoms with van der Waals surface area (Å²) in [5.41, 5.74) is 5.18. The van der Waals surface area contributed by atoms with Crippen LogP contribution in [0.2, 0.25) is 0 Å². The fourth-order valence-electron chi connectivity index (χ4n) is 0.648. The minimum Gasteiger partial charge on any atom is -0.491 e. The van der Waals surface area contributed by atoms with E-state index in [2.05, 4.69) is 4.98 Å². The highest BCUT2D eigenvalue weighted by atomic mass is 19.1. The van der Waals surface area contributed by atoms with Gasteiger partial charge in [0.2, 0.25) is 0 Å². The molecule has 60 valence electrons. The van der Waals surface area contributed by atoms with Crippen LogP contribution < -0.4 is 10.5 Å². The lowest BCUT2D eigenvalue weighted by atomic mass is 10.4. The molecular weight excluding hydrogens is 147 g/mol. The number of hydrogen-bond donors (Lipinski definition) is 1. The first-order valence-corrected chi connectivity index (χ1v) is 3.26. The van der Waals surface area contributed by atoms with Gasteiger partial charge in [-0.2, -0.15) is 0 Å². The smallest absolute Gasteiger partial charge is 0.145 e. The van der Waals surface area contributed by atoms with Gasteiger partial charge in [0, 0.05) is 12.6 Å². The van der Waals surface area contributed by atoms with E-state index in [0.717, 1.165) is 6.20 Å². The zero-order chi connectivity index (χ0) is 8.10. The summed E-state index contributed by atoms with van der Waals surface area (Å²) in [7, 11) is 0. The number of nitrogens with zero attached hydrogens (tertiary/aromatic N) is 1. The molecule has 0 aromatic carbocycles. The minimum atomic E-state index is -0.403. The molecular formula is C7H9FN2O. The third-order valence-electron chi connectivity index (χ3n) is 1.07. The summed E-state index contributed by atoms with van der Waals surface area (Å²) in [6.45, 7) is 0.793. The second kappa shape index (κ2) is 3.88. The van der Waals surface area contributed by atoms with E-state index >= 15 is 0 Å². The number of ether oxygens (including phenoxy) is 1. The van der Waals surface area contributed by atoms with Gasteiger partial charge in [0.25, 0.3) is 0 Å². The highest BCUT2D eigenvalue weighted by molar-refractivity contribution is 5.16. The Hall–Kier alpha value is -1.16. The number of nitrogens with two attached hydrogens (primary N) is 1. The van der Waals surface area contributed by atoms with E-state index in [0.29, 0.717) is 18.9 Å². The Morgan fingerprint density at radius 3 is 3.00 bits per heavy atom. The first-order valence-electron chi connectivity index (χ1n) is 3.26. The van der Waals surface area contributed by atoms with Crippen molar-refractivity contribution < 1.29 is 9.13 Å². The van der Waals surface area contributed by atoms with Crippen molar-refractivity contribution in [2.24, 2.45) is 5.73 Å². The Morgan fingerprint density at radius 1 is 1.55 bits per heavy atom. The summed E-state index contributed by atoms with van der Waals surface area (Å²) in [5.74, 6) is 0.00923. The Morgan fingerprint density at radius 2 is 2.36 bits per heavy atom. The summed E-state index contributed by atoms with van der Waals surface area (Å²) in [4.78, 5) is 3.60. The Kier molecular flexibility index (Phi) is 2.80. The first-order chi connectivity index (χ1) is 5.33. The fraction of sp³-hybridized carbons (Fsp3) is 0.286. The molecule has 0 aliphatic carbocycles. The van der Waals surface area contributed by atoms with Crippen LogP contribution in [0, 0.1) is 5.82 Å². The summed E-state index contributed by atoms with van der Waals surface area (Å²) in [6.07, 6.45) is 2.56. The van der Waals surface area contributed by atoms with Crippen molar-refractivity contribution >= 4 is 0 Å². The Bertz CT molecular complexity index is 229. The molecule has 0 bridgehead atoms. The molecule has 1 aromatic rings. The second-order valence-electron chi connectivity index (χ2n) is 1.98. The van der Waals surface area contributed by atoms with E-state index in [1.165, 1.54) is 12.3 Å². The third-order valence-corrected chi connectivity index (χ3v) is 1.07. The molecule has 2 N–H and O–H groups in total. The first kappa shape index (κ1) is 7.94. The van der Waals surface area contributed by atoms with E-state index < -0.39 is 5.82 Å². The lowest BCUT2D eigenvalue weighted by Crippen LogP contribution is -2.10. The van der Waals surface area contributed by atoms with Crippen LogP contribution in [-0.2, 0) is 0 Å². The number of rotatable bonds is 3. The van der Waals surface area contributed by atoms with Crippen LogP contribution in [0.5, 0.6) is 5.75 Å². The van der Waals surface area contributed by atoms with Gasteiger partial charge >= 0.3 is 0 Å². The van der Waals surface area contributed by atoms with Crippen LogP contribution in [0.25, 0.3) is 0 Å². The normalized spacial score (nSPS) is 9.64. The number of aromatic nitrogens is 1. The molecule has 0 saturated carbocycles. The van der Waals surface area contributed by atoms with Crippen molar-refractivity contribution in [1.29, 1.82) is 0 Å². The highest BCUT2D eigenvalue weighted by Crippen LogP contribution is 2.08. The zero-order valence-corrected chi connectivity index (χ0v) is 5.96. The molecule has 3 nitrogen and oxygen atoms in total. The molecule has 1 heterocycles. The molecule has 11 heavy (non-hydrogen) atoms. The van der Waals surface area contributed by atoms with E-state index in [1.807, 2.05) is 0 Å². The average molecular weight is 156 g/mol. The predicted octanol–water partition coefficient (Wildman–Crippen LogP) is 0.558. The maximum atomic E-state index is 12.4. The maximum absolute atomic E-state index is 12.4. The van der Waals surface area contributed by atoms with E-state index in [-0.39, 0.29) is 0 Å². The van der Waals surface area contributed by atoms with E-state index in [4.69, 9.17) is 10.5 Å². The van der Waals surface area contributed by atoms with Crippen LogP contribution in [0.4, 0.5) is 4.39 Å². The molecule has 0 aliphatic heterocycles. The fourth-order valence-corrected chi connectivity index (χ4v) is 0.648. The van der Waals surface area contributed by atoms with Crippen molar-refractivity contribution in [2.75, 3.05) is 13.2 Å². The second-order valence-corrected chi connectivity index (χ2v) is 1.98. The van der Waals surface area contributed by atoms with Gasteiger partial charge in [0.15, 0.2) is 0 Å². The van der Waals surface area contributed by atoms with Crippen LogP contribution >= 0.6 is 0 Å². The van der Waals surface area contributed by atoms with E-state index in [9.17, 15) is 4.39 Å². The van der Waals surface area contributed by atoms with Gasteiger partial charge in [-0.15, -0.1) is 0 Å². The topological polar surface area (TPSA) is 48.1 Å². The lowest BCUT2D eigenvalue weighted by molar-refractivity contribution is 0.325. The SMILES string of the molecule is NCCOc1cncc(F)c1. The van der Waals surface area contributed by atoms with Crippen molar-refractivity contribution in [3.63, 3.8) is 0 Å². The Labute approximate surface area is 64.0 Å². The van der Waals surface area contributed by atoms with Gasteiger partial charge in [-0.3, -0.25) is 4.98 Å². The zero-order valence-electron chi connectivity index (χ0n) is 5.96. The Balaban J connectivity index is 2.56. The summed E-state index contributed by atoms with van der Waals surface area (Å²) in [5, 5.41) is 0. The third kappa shape index (κ3) is 2.51. The monoisotopic (exact) mass is 156 g/mol. The number of halogens is 1. The van der Waals surface area contributed by atoms with Gasteiger partial charge in [-0.05, 0) is 0 Å².